The van der Waals surface area contributed by atoms with Gasteiger partial charge in [0.05, 0.1) is 12.5 Å². The minimum absolute atomic E-state index is 0.371. The first-order chi connectivity index (χ1) is 8.69. The fraction of sp³-hybridized carbons (Fsp3) is 0.143. The van der Waals surface area contributed by atoms with Crippen molar-refractivity contribution in [3.05, 3.63) is 46.4 Å². The molecule has 1 aromatic carbocycles. The van der Waals surface area contributed by atoms with Gasteiger partial charge in [-0.2, -0.15) is 0 Å². The molecule has 0 aliphatic carbocycles. The number of hydrogen-bond donors (Lipinski definition) is 0. The number of aryl methyl sites for hydroxylation is 1. The normalized spacial score (nSPS) is 11.0. The van der Waals surface area contributed by atoms with Gasteiger partial charge in [-0.05, 0) is 36.8 Å². The first-order valence-electron chi connectivity index (χ1n) is 5.56. The zero-order valence-corrected chi connectivity index (χ0v) is 10.1. The van der Waals surface area contributed by atoms with Gasteiger partial charge in [-0.25, -0.2) is 4.79 Å². The van der Waals surface area contributed by atoms with Crippen LogP contribution in [0, 0.1) is 6.92 Å². The molecule has 0 bridgehead atoms. The lowest BCUT2D eigenvalue weighted by atomic mass is 10.1. The SMILES string of the molecule is COc1ccc2c(c1)c(=O)oc1cc(C)cnc12. The van der Waals surface area contributed by atoms with Crippen LogP contribution in [-0.2, 0) is 0 Å². The molecule has 4 nitrogen and oxygen atoms in total. The molecule has 0 atom stereocenters. The molecule has 18 heavy (non-hydrogen) atoms. The van der Waals surface area contributed by atoms with Gasteiger partial charge in [-0.3, -0.25) is 4.98 Å². The Labute approximate surface area is 103 Å². The molecule has 90 valence electrons. The molecule has 0 aliphatic heterocycles. The van der Waals surface area contributed by atoms with Crippen molar-refractivity contribution in [1.82, 2.24) is 4.98 Å². The Balaban J connectivity index is 2.51. The van der Waals surface area contributed by atoms with Gasteiger partial charge in [0.1, 0.15) is 11.3 Å². The minimum Gasteiger partial charge on any atom is -0.497 e. The maximum Gasteiger partial charge on any atom is 0.344 e. The van der Waals surface area contributed by atoms with E-state index in [9.17, 15) is 4.79 Å². The summed E-state index contributed by atoms with van der Waals surface area (Å²) in [6.45, 7) is 1.91. The van der Waals surface area contributed by atoms with Crippen molar-refractivity contribution < 1.29 is 9.15 Å². The highest BCUT2D eigenvalue weighted by molar-refractivity contribution is 6.02. The standard InChI is InChI=1S/C14H11NO3/c1-8-5-12-13(15-7-8)10-4-3-9(17-2)6-11(10)14(16)18-12/h3-7H,1-2H3. The van der Waals surface area contributed by atoms with Gasteiger partial charge in [-0.1, -0.05) is 0 Å². The van der Waals surface area contributed by atoms with Crippen LogP contribution in [0.2, 0.25) is 0 Å². The third-order valence-electron chi connectivity index (χ3n) is 2.89. The fourth-order valence-corrected chi connectivity index (χ4v) is 2.00. The number of methoxy groups -OCH3 is 1. The van der Waals surface area contributed by atoms with E-state index in [0.717, 1.165) is 10.9 Å². The monoisotopic (exact) mass is 241 g/mol. The summed E-state index contributed by atoms with van der Waals surface area (Å²) in [5.74, 6) is 0.626. The van der Waals surface area contributed by atoms with E-state index in [2.05, 4.69) is 4.98 Å². The van der Waals surface area contributed by atoms with Crippen molar-refractivity contribution in [3.63, 3.8) is 0 Å². The van der Waals surface area contributed by atoms with Crippen LogP contribution in [0.25, 0.3) is 21.9 Å². The van der Waals surface area contributed by atoms with Crippen molar-refractivity contribution in [3.8, 4) is 5.75 Å². The summed E-state index contributed by atoms with van der Waals surface area (Å²) in [5, 5.41) is 1.26. The van der Waals surface area contributed by atoms with E-state index in [1.54, 1.807) is 19.4 Å². The summed E-state index contributed by atoms with van der Waals surface area (Å²) in [7, 11) is 1.56. The predicted octanol–water partition coefficient (Wildman–Crippen LogP) is 2.66. The summed E-state index contributed by atoms with van der Waals surface area (Å²) in [6, 6.07) is 7.12. The number of nitrogens with zero attached hydrogens (tertiary/aromatic N) is 1. The Bertz CT molecular complexity index is 805. The summed E-state index contributed by atoms with van der Waals surface area (Å²) in [6.07, 6.45) is 1.76. The van der Waals surface area contributed by atoms with E-state index in [1.165, 1.54) is 0 Å². The van der Waals surface area contributed by atoms with E-state index >= 15 is 0 Å². The average molecular weight is 241 g/mol. The molecule has 0 amide bonds. The number of benzene rings is 1. The molecule has 0 spiro atoms. The molecular weight excluding hydrogens is 230 g/mol. The summed E-state index contributed by atoms with van der Waals surface area (Å²) in [4.78, 5) is 16.3. The minimum atomic E-state index is -0.371. The molecule has 3 aromatic rings. The first-order valence-corrected chi connectivity index (χ1v) is 5.56. The maximum atomic E-state index is 11.9. The molecule has 0 saturated carbocycles. The second kappa shape index (κ2) is 3.84. The molecule has 0 saturated heterocycles. The van der Waals surface area contributed by atoms with Crippen LogP contribution in [0.4, 0.5) is 0 Å². The highest BCUT2D eigenvalue weighted by atomic mass is 16.5. The number of rotatable bonds is 1. The third-order valence-corrected chi connectivity index (χ3v) is 2.89. The average Bonchev–Trinajstić information content (AvgIpc) is 2.38. The maximum absolute atomic E-state index is 11.9. The number of aromatic nitrogens is 1. The van der Waals surface area contributed by atoms with E-state index in [0.29, 0.717) is 22.2 Å². The number of ether oxygens (including phenoxy) is 1. The van der Waals surface area contributed by atoms with Gasteiger partial charge in [-0.15, -0.1) is 0 Å². The van der Waals surface area contributed by atoms with Gasteiger partial charge in [0.2, 0.25) is 0 Å². The van der Waals surface area contributed by atoms with Crippen LogP contribution < -0.4 is 10.4 Å². The van der Waals surface area contributed by atoms with E-state index in [4.69, 9.17) is 9.15 Å². The highest BCUT2D eigenvalue weighted by Crippen LogP contribution is 2.24. The Kier molecular flexibility index (Phi) is 2.30. The number of pyridine rings is 1. The van der Waals surface area contributed by atoms with Crippen LogP contribution in [0.1, 0.15) is 5.56 Å². The van der Waals surface area contributed by atoms with Crippen LogP contribution in [0.5, 0.6) is 5.75 Å². The van der Waals surface area contributed by atoms with E-state index in [1.807, 2.05) is 25.1 Å². The highest BCUT2D eigenvalue weighted by Gasteiger charge is 2.09. The predicted molar refractivity (Wildman–Crippen MR) is 69.1 cm³/mol. The Hall–Kier alpha value is -2.36. The zero-order valence-electron chi connectivity index (χ0n) is 10.1. The molecule has 0 N–H and O–H groups in total. The topological polar surface area (TPSA) is 52.3 Å². The Morgan fingerprint density at radius 1 is 1.22 bits per heavy atom. The number of hydrogen-bond acceptors (Lipinski definition) is 4. The van der Waals surface area contributed by atoms with E-state index < -0.39 is 0 Å². The third kappa shape index (κ3) is 1.54. The molecule has 0 unspecified atom stereocenters. The van der Waals surface area contributed by atoms with Crippen molar-refractivity contribution in [2.45, 2.75) is 6.92 Å². The van der Waals surface area contributed by atoms with Gasteiger partial charge in [0, 0.05) is 11.6 Å². The van der Waals surface area contributed by atoms with Crippen molar-refractivity contribution in [2.24, 2.45) is 0 Å². The van der Waals surface area contributed by atoms with Crippen molar-refractivity contribution in [2.75, 3.05) is 7.11 Å². The summed E-state index contributed by atoms with van der Waals surface area (Å²) >= 11 is 0. The Morgan fingerprint density at radius 3 is 2.83 bits per heavy atom. The molecule has 0 fully saturated rings. The lowest BCUT2D eigenvalue weighted by Crippen LogP contribution is -2.01. The number of fused-ring (bicyclic) bond motifs is 3. The molecular formula is C14H11NO3. The molecule has 4 heteroatoms. The van der Waals surface area contributed by atoms with Gasteiger partial charge in [0.25, 0.3) is 0 Å². The molecule has 2 aromatic heterocycles. The lowest BCUT2D eigenvalue weighted by molar-refractivity contribution is 0.415. The van der Waals surface area contributed by atoms with Crippen molar-refractivity contribution >= 4 is 21.9 Å². The van der Waals surface area contributed by atoms with Crippen molar-refractivity contribution in [1.29, 1.82) is 0 Å². The molecule has 2 heterocycles. The molecule has 0 aliphatic rings. The van der Waals surface area contributed by atoms with Crippen LogP contribution in [0.3, 0.4) is 0 Å². The Morgan fingerprint density at radius 2 is 2.06 bits per heavy atom. The van der Waals surface area contributed by atoms with Crippen LogP contribution in [-0.4, -0.2) is 12.1 Å². The van der Waals surface area contributed by atoms with Gasteiger partial charge in [0.15, 0.2) is 5.58 Å². The molecule has 0 radical (unpaired) electrons. The second-order valence-corrected chi connectivity index (χ2v) is 4.16. The largest absolute Gasteiger partial charge is 0.497 e. The van der Waals surface area contributed by atoms with Gasteiger partial charge >= 0.3 is 5.63 Å². The fourth-order valence-electron chi connectivity index (χ4n) is 2.00. The molecule has 3 rings (SSSR count). The second-order valence-electron chi connectivity index (χ2n) is 4.16. The summed E-state index contributed by atoms with van der Waals surface area (Å²) < 4.78 is 10.4. The zero-order chi connectivity index (χ0) is 12.7. The van der Waals surface area contributed by atoms with Crippen LogP contribution >= 0.6 is 0 Å². The van der Waals surface area contributed by atoms with Gasteiger partial charge < -0.3 is 9.15 Å². The summed E-state index contributed by atoms with van der Waals surface area (Å²) in [5.41, 5.74) is 1.79. The van der Waals surface area contributed by atoms with Crippen LogP contribution in [0.15, 0.2) is 39.7 Å². The smallest absolute Gasteiger partial charge is 0.344 e. The van der Waals surface area contributed by atoms with E-state index in [-0.39, 0.29) is 5.63 Å². The lowest BCUT2D eigenvalue weighted by Gasteiger charge is -2.04. The first kappa shape index (κ1) is 10.8. The quantitative estimate of drug-likeness (QED) is 0.614.